The number of carbonyl (C=O) groups is 1. The Morgan fingerprint density at radius 3 is 2.68 bits per heavy atom. The maximum atomic E-state index is 14.0. The Labute approximate surface area is 157 Å². The maximum absolute atomic E-state index is 14.0. The lowest BCUT2D eigenvalue weighted by Gasteiger charge is -2.20. The average molecular weight is 376 g/mol. The highest BCUT2D eigenvalue weighted by atomic mass is 32.2. The maximum Gasteiger partial charge on any atom is 0.223 e. The Morgan fingerprint density at radius 2 is 1.88 bits per heavy atom. The molecule has 0 aliphatic carbocycles. The molecule has 0 spiro atoms. The van der Waals surface area contributed by atoms with E-state index in [1.807, 2.05) is 35.2 Å². The monoisotopic (exact) mass is 375 g/mol. The summed E-state index contributed by atoms with van der Waals surface area (Å²) < 4.78 is 14.0. The predicted octanol–water partition coefficient (Wildman–Crippen LogP) is 5.01. The molecule has 0 saturated carbocycles. The minimum atomic E-state index is -0.140. The Kier molecular flexibility index (Phi) is 6.82. The molecular weight excluding hydrogens is 353 g/mol. The van der Waals surface area contributed by atoms with Crippen molar-refractivity contribution in [2.24, 2.45) is 0 Å². The molecule has 2 aromatic carbocycles. The zero-order chi connectivity index (χ0) is 17.5. The van der Waals surface area contributed by atoms with Crippen LogP contribution in [-0.2, 0) is 4.79 Å². The van der Waals surface area contributed by atoms with Crippen LogP contribution in [0.25, 0.3) is 0 Å². The summed E-state index contributed by atoms with van der Waals surface area (Å²) in [6.45, 7) is 1.46. The van der Waals surface area contributed by atoms with Gasteiger partial charge in [0.25, 0.3) is 0 Å². The second kappa shape index (κ2) is 9.30. The standard InChI is InChI=1S/C20H22FNOS2/c21-18-9-5-4-8-17(18)19-10-12-22(13-15-25-19)20(23)11-14-24-16-6-2-1-3-7-16/h1-9,19H,10-15H2. The largest absolute Gasteiger partial charge is 0.342 e. The second-order valence-electron chi connectivity index (χ2n) is 5.96. The molecule has 1 saturated heterocycles. The molecule has 1 atom stereocenters. The minimum absolute atomic E-state index is 0.137. The Bertz CT molecular complexity index is 695. The second-order valence-corrected chi connectivity index (χ2v) is 8.44. The molecular formula is C20H22FNOS2. The summed E-state index contributed by atoms with van der Waals surface area (Å²) in [5.74, 6) is 1.72. The predicted molar refractivity (Wildman–Crippen MR) is 105 cm³/mol. The molecule has 5 heteroatoms. The third-order valence-electron chi connectivity index (χ3n) is 4.27. The highest BCUT2D eigenvalue weighted by Gasteiger charge is 2.23. The number of amides is 1. The first kappa shape index (κ1) is 18.3. The van der Waals surface area contributed by atoms with Gasteiger partial charge in [0, 0.05) is 46.7 Å². The molecule has 1 fully saturated rings. The topological polar surface area (TPSA) is 20.3 Å². The van der Waals surface area contributed by atoms with Crippen molar-refractivity contribution in [1.29, 1.82) is 0 Å². The van der Waals surface area contributed by atoms with Crippen molar-refractivity contribution in [2.75, 3.05) is 24.6 Å². The minimum Gasteiger partial charge on any atom is -0.342 e. The number of hydrogen-bond donors (Lipinski definition) is 0. The van der Waals surface area contributed by atoms with E-state index in [0.717, 1.165) is 30.0 Å². The van der Waals surface area contributed by atoms with Crippen LogP contribution in [0.3, 0.4) is 0 Å². The molecule has 0 bridgehead atoms. The number of hydrogen-bond acceptors (Lipinski definition) is 3. The van der Waals surface area contributed by atoms with Crippen LogP contribution in [0.1, 0.15) is 23.7 Å². The first-order valence-corrected chi connectivity index (χ1v) is 10.6. The van der Waals surface area contributed by atoms with Crippen molar-refractivity contribution in [3.63, 3.8) is 0 Å². The first-order valence-electron chi connectivity index (χ1n) is 8.55. The van der Waals surface area contributed by atoms with Gasteiger partial charge in [-0.3, -0.25) is 4.79 Å². The molecule has 1 amide bonds. The van der Waals surface area contributed by atoms with Crippen molar-refractivity contribution in [3.8, 4) is 0 Å². The van der Waals surface area contributed by atoms with Crippen LogP contribution < -0.4 is 0 Å². The molecule has 0 aromatic heterocycles. The summed E-state index contributed by atoms with van der Waals surface area (Å²) in [6, 6.07) is 17.1. The number of thioether (sulfide) groups is 2. The van der Waals surface area contributed by atoms with Crippen LogP contribution in [0.15, 0.2) is 59.5 Å². The van der Waals surface area contributed by atoms with E-state index in [9.17, 15) is 9.18 Å². The van der Waals surface area contributed by atoms with E-state index < -0.39 is 0 Å². The molecule has 3 rings (SSSR count). The van der Waals surface area contributed by atoms with Gasteiger partial charge in [0.05, 0.1) is 0 Å². The Morgan fingerprint density at radius 1 is 1.12 bits per heavy atom. The van der Waals surface area contributed by atoms with E-state index in [1.165, 1.54) is 11.0 Å². The fourth-order valence-electron chi connectivity index (χ4n) is 2.94. The van der Waals surface area contributed by atoms with Gasteiger partial charge < -0.3 is 4.90 Å². The van der Waals surface area contributed by atoms with Gasteiger partial charge in [-0.2, -0.15) is 11.8 Å². The Hall–Kier alpha value is -1.46. The highest BCUT2D eigenvalue weighted by Crippen LogP contribution is 2.35. The van der Waals surface area contributed by atoms with Gasteiger partial charge in [-0.1, -0.05) is 36.4 Å². The molecule has 25 heavy (non-hydrogen) atoms. The Balaban J connectivity index is 1.49. The number of carbonyl (C=O) groups excluding carboxylic acids is 1. The molecule has 1 aliphatic rings. The number of benzene rings is 2. The first-order chi connectivity index (χ1) is 12.2. The number of rotatable bonds is 5. The van der Waals surface area contributed by atoms with Gasteiger partial charge in [0.1, 0.15) is 5.82 Å². The summed E-state index contributed by atoms with van der Waals surface area (Å²) in [5.41, 5.74) is 0.765. The molecule has 0 N–H and O–H groups in total. The highest BCUT2D eigenvalue weighted by molar-refractivity contribution is 7.99. The van der Waals surface area contributed by atoms with Gasteiger partial charge in [-0.25, -0.2) is 4.39 Å². The van der Waals surface area contributed by atoms with Crippen LogP contribution in [0.2, 0.25) is 0 Å². The molecule has 2 nitrogen and oxygen atoms in total. The van der Waals surface area contributed by atoms with Crippen molar-refractivity contribution in [3.05, 3.63) is 66.0 Å². The smallest absolute Gasteiger partial charge is 0.223 e. The SMILES string of the molecule is O=C(CCSc1ccccc1)N1CCSC(c2ccccc2F)CC1. The molecule has 132 valence electrons. The third-order valence-corrected chi connectivity index (χ3v) is 6.60. The van der Waals surface area contributed by atoms with Crippen LogP contribution in [0.4, 0.5) is 4.39 Å². The van der Waals surface area contributed by atoms with Gasteiger partial charge >= 0.3 is 0 Å². The lowest BCUT2D eigenvalue weighted by Crippen LogP contribution is -2.33. The normalized spacial score (nSPS) is 18.0. The summed E-state index contributed by atoms with van der Waals surface area (Å²) in [7, 11) is 0. The summed E-state index contributed by atoms with van der Waals surface area (Å²) in [5, 5.41) is 0.137. The van der Waals surface area contributed by atoms with Gasteiger partial charge in [-0.05, 0) is 24.6 Å². The summed E-state index contributed by atoms with van der Waals surface area (Å²) in [6.07, 6.45) is 1.36. The fourth-order valence-corrected chi connectivity index (χ4v) is 5.05. The van der Waals surface area contributed by atoms with Crippen LogP contribution in [0, 0.1) is 5.82 Å². The number of halogens is 1. The van der Waals surface area contributed by atoms with E-state index in [0.29, 0.717) is 13.0 Å². The zero-order valence-electron chi connectivity index (χ0n) is 14.1. The van der Waals surface area contributed by atoms with Crippen molar-refractivity contribution >= 4 is 29.4 Å². The van der Waals surface area contributed by atoms with Crippen molar-refractivity contribution in [1.82, 2.24) is 4.90 Å². The van der Waals surface area contributed by atoms with Crippen molar-refractivity contribution in [2.45, 2.75) is 23.0 Å². The van der Waals surface area contributed by atoms with Crippen LogP contribution >= 0.6 is 23.5 Å². The molecule has 1 unspecified atom stereocenters. The van der Waals surface area contributed by atoms with Gasteiger partial charge in [0.15, 0.2) is 0 Å². The number of nitrogens with zero attached hydrogens (tertiary/aromatic N) is 1. The molecule has 1 aliphatic heterocycles. The van der Waals surface area contributed by atoms with Crippen LogP contribution in [-0.4, -0.2) is 35.4 Å². The lowest BCUT2D eigenvalue weighted by atomic mass is 10.1. The summed E-state index contributed by atoms with van der Waals surface area (Å²) >= 11 is 3.47. The van der Waals surface area contributed by atoms with Gasteiger partial charge in [0.2, 0.25) is 5.91 Å². The molecule has 1 heterocycles. The zero-order valence-corrected chi connectivity index (χ0v) is 15.7. The summed E-state index contributed by atoms with van der Waals surface area (Å²) in [4.78, 5) is 15.6. The lowest BCUT2D eigenvalue weighted by molar-refractivity contribution is -0.130. The van der Waals surface area contributed by atoms with Gasteiger partial charge in [-0.15, -0.1) is 11.8 Å². The van der Waals surface area contributed by atoms with Crippen molar-refractivity contribution < 1.29 is 9.18 Å². The third kappa shape index (κ3) is 5.25. The molecule has 0 radical (unpaired) electrons. The fraction of sp³-hybridized carbons (Fsp3) is 0.350. The van der Waals surface area contributed by atoms with E-state index in [2.05, 4.69) is 12.1 Å². The van der Waals surface area contributed by atoms with E-state index in [1.54, 1.807) is 29.6 Å². The van der Waals surface area contributed by atoms with Crippen LogP contribution in [0.5, 0.6) is 0 Å². The van der Waals surface area contributed by atoms with E-state index >= 15 is 0 Å². The van der Waals surface area contributed by atoms with E-state index in [4.69, 9.17) is 0 Å². The average Bonchev–Trinajstić information content (AvgIpc) is 2.89. The molecule has 2 aromatic rings. The van der Waals surface area contributed by atoms with E-state index in [-0.39, 0.29) is 17.0 Å². The quantitative estimate of drug-likeness (QED) is 0.685.